The summed E-state index contributed by atoms with van der Waals surface area (Å²) in [6, 6.07) is 1.12. The predicted molar refractivity (Wildman–Crippen MR) is 71.8 cm³/mol. The summed E-state index contributed by atoms with van der Waals surface area (Å²) < 4.78 is 5.40. The first kappa shape index (κ1) is 14.7. The molecule has 1 amide bonds. The molecule has 0 radical (unpaired) electrons. The van der Waals surface area contributed by atoms with Crippen molar-refractivity contribution in [2.75, 3.05) is 13.2 Å². The molecule has 1 saturated heterocycles. The van der Waals surface area contributed by atoms with Crippen LogP contribution in [0.1, 0.15) is 23.7 Å². The van der Waals surface area contributed by atoms with Gasteiger partial charge in [0.05, 0.1) is 16.6 Å². The minimum Gasteiger partial charge on any atom is -0.378 e. The number of nitrogens with zero attached hydrogens (tertiary/aromatic N) is 2. The second-order valence-electron chi connectivity index (χ2n) is 4.62. The van der Waals surface area contributed by atoms with Crippen molar-refractivity contribution in [1.82, 2.24) is 10.3 Å². The molecule has 0 saturated carbocycles. The quantitative estimate of drug-likeness (QED) is 0.519. The van der Waals surface area contributed by atoms with Gasteiger partial charge in [0.1, 0.15) is 11.3 Å². The summed E-state index contributed by atoms with van der Waals surface area (Å²) in [5, 5.41) is 13.3. The zero-order chi connectivity index (χ0) is 14.7. The number of hydrogen-bond donors (Lipinski definition) is 1. The second kappa shape index (κ2) is 6.15. The number of carbonyl (C=O) groups is 1. The second-order valence-corrected chi connectivity index (χ2v) is 4.98. The van der Waals surface area contributed by atoms with E-state index in [0.29, 0.717) is 13.2 Å². The lowest BCUT2D eigenvalue weighted by molar-refractivity contribution is -0.385. The lowest BCUT2D eigenvalue weighted by Gasteiger charge is -2.14. The summed E-state index contributed by atoms with van der Waals surface area (Å²) in [7, 11) is 0. The molecule has 7 nitrogen and oxygen atoms in total. The van der Waals surface area contributed by atoms with Crippen LogP contribution in [-0.2, 0) is 4.74 Å². The fraction of sp³-hybridized carbons (Fsp3) is 0.500. The molecule has 0 spiro atoms. The summed E-state index contributed by atoms with van der Waals surface area (Å²) >= 11 is 5.80. The van der Waals surface area contributed by atoms with Crippen molar-refractivity contribution < 1.29 is 14.5 Å². The highest BCUT2D eigenvalue weighted by molar-refractivity contribution is 6.32. The maximum Gasteiger partial charge on any atom is 0.288 e. The van der Waals surface area contributed by atoms with Crippen LogP contribution in [0, 0.1) is 16.0 Å². The minimum absolute atomic E-state index is 0.00688. The number of aromatic nitrogens is 1. The molecule has 0 bridgehead atoms. The Bertz CT molecular complexity index is 537. The van der Waals surface area contributed by atoms with Crippen LogP contribution < -0.4 is 5.32 Å². The van der Waals surface area contributed by atoms with E-state index >= 15 is 0 Å². The van der Waals surface area contributed by atoms with Gasteiger partial charge >= 0.3 is 0 Å². The Balaban J connectivity index is 2.05. The molecule has 1 aromatic rings. The molecule has 108 valence electrons. The Morgan fingerprint density at radius 3 is 3.05 bits per heavy atom. The number of rotatable bonds is 4. The van der Waals surface area contributed by atoms with Gasteiger partial charge in [-0.3, -0.25) is 14.9 Å². The first-order chi connectivity index (χ1) is 9.49. The number of halogens is 1. The molecular formula is C12H14ClN3O4. The van der Waals surface area contributed by atoms with E-state index in [9.17, 15) is 14.9 Å². The first-order valence-corrected chi connectivity index (χ1v) is 6.56. The van der Waals surface area contributed by atoms with Crippen molar-refractivity contribution >= 4 is 23.2 Å². The maximum atomic E-state index is 12.0. The van der Waals surface area contributed by atoms with Crippen molar-refractivity contribution in [3.05, 3.63) is 33.1 Å². The van der Waals surface area contributed by atoms with Crippen LogP contribution in [0.25, 0.3) is 0 Å². The van der Waals surface area contributed by atoms with E-state index in [2.05, 4.69) is 10.3 Å². The van der Waals surface area contributed by atoms with E-state index in [1.807, 2.05) is 6.92 Å². The van der Waals surface area contributed by atoms with Gasteiger partial charge in [-0.15, -0.1) is 0 Å². The zero-order valence-corrected chi connectivity index (χ0v) is 11.6. The number of amides is 1. The van der Waals surface area contributed by atoms with Crippen LogP contribution >= 0.6 is 11.6 Å². The number of ether oxygens (including phenoxy) is 1. The molecule has 2 rings (SSSR count). The van der Waals surface area contributed by atoms with Gasteiger partial charge in [0, 0.05) is 25.1 Å². The molecule has 1 N–H and O–H groups in total. The molecule has 2 atom stereocenters. The molecule has 1 fully saturated rings. The highest BCUT2D eigenvalue weighted by Crippen LogP contribution is 2.21. The van der Waals surface area contributed by atoms with Crippen LogP contribution in [0.5, 0.6) is 0 Å². The normalized spacial score (nSPS) is 21.7. The van der Waals surface area contributed by atoms with Crippen LogP contribution in [0.4, 0.5) is 5.69 Å². The minimum atomic E-state index is -0.618. The van der Waals surface area contributed by atoms with Crippen LogP contribution in [0.15, 0.2) is 12.3 Å². The average molecular weight is 300 g/mol. The standard InChI is InChI=1S/C12H14ClN3O4/c1-7-8(2-3-20-7)5-15-12(17)10-4-9(16(18)19)6-14-11(10)13/h4,6-8H,2-3,5H2,1H3,(H,15,17). The number of carbonyl (C=O) groups excluding carboxylic acids is 1. The monoisotopic (exact) mass is 299 g/mol. The topological polar surface area (TPSA) is 94.4 Å². The maximum absolute atomic E-state index is 12.0. The molecular weight excluding hydrogens is 286 g/mol. The largest absolute Gasteiger partial charge is 0.378 e. The molecule has 20 heavy (non-hydrogen) atoms. The van der Waals surface area contributed by atoms with Gasteiger partial charge in [0.25, 0.3) is 11.6 Å². The van der Waals surface area contributed by atoms with Crippen molar-refractivity contribution in [2.24, 2.45) is 5.92 Å². The van der Waals surface area contributed by atoms with Crippen LogP contribution in [-0.4, -0.2) is 35.1 Å². The van der Waals surface area contributed by atoms with Crippen molar-refractivity contribution in [3.8, 4) is 0 Å². The van der Waals surface area contributed by atoms with Crippen LogP contribution in [0.3, 0.4) is 0 Å². The first-order valence-electron chi connectivity index (χ1n) is 6.18. The summed E-state index contributed by atoms with van der Waals surface area (Å²) in [5.41, 5.74) is -0.260. The van der Waals surface area contributed by atoms with Gasteiger partial charge in [-0.05, 0) is 13.3 Å². The Hall–Kier alpha value is -1.73. The van der Waals surface area contributed by atoms with E-state index in [-0.39, 0.29) is 28.4 Å². The van der Waals surface area contributed by atoms with Crippen molar-refractivity contribution in [1.29, 1.82) is 0 Å². The summed E-state index contributed by atoms with van der Waals surface area (Å²) in [5.74, 6) is -0.227. The SMILES string of the molecule is CC1OCCC1CNC(=O)c1cc([N+](=O)[O-])cnc1Cl. The molecule has 0 aromatic carbocycles. The number of nitrogens with one attached hydrogen (secondary N) is 1. The van der Waals surface area contributed by atoms with Gasteiger partial charge in [0.2, 0.25) is 0 Å². The fourth-order valence-corrected chi connectivity index (χ4v) is 2.25. The van der Waals surface area contributed by atoms with E-state index in [1.165, 1.54) is 0 Å². The van der Waals surface area contributed by atoms with E-state index < -0.39 is 10.8 Å². The predicted octanol–water partition coefficient (Wildman–Crippen LogP) is 1.80. The van der Waals surface area contributed by atoms with Gasteiger partial charge in [-0.1, -0.05) is 11.6 Å². The third-order valence-electron chi connectivity index (χ3n) is 3.34. The third-order valence-corrected chi connectivity index (χ3v) is 3.64. The molecule has 8 heteroatoms. The summed E-state index contributed by atoms with van der Waals surface area (Å²) in [6.45, 7) is 3.07. The lowest BCUT2D eigenvalue weighted by atomic mass is 10.0. The van der Waals surface area contributed by atoms with Crippen LogP contribution in [0.2, 0.25) is 5.15 Å². The van der Waals surface area contributed by atoms with E-state index in [4.69, 9.17) is 16.3 Å². The molecule has 1 aromatic heterocycles. The number of nitro groups is 1. The third kappa shape index (κ3) is 3.23. The Morgan fingerprint density at radius 1 is 1.70 bits per heavy atom. The Kier molecular flexibility index (Phi) is 4.51. The van der Waals surface area contributed by atoms with E-state index in [1.54, 1.807) is 0 Å². The summed E-state index contributed by atoms with van der Waals surface area (Å²) in [6.07, 6.45) is 1.99. The van der Waals surface area contributed by atoms with Gasteiger partial charge in [-0.2, -0.15) is 0 Å². The smallest absolute Gasteiger partial charge is 0.288 e. The lowest BCUT2D eigenvalue weighted by Crippen LogP contribution is -2.32. The summed E-state index contributed by atoms with van der Waals surface area (Å²) in [4.78, 5) is 25.7. The highest BCUT2D eigenvalue weighted by Gasteiger charge is 2.25. The number of pyridine rings is 1. The zero-order valence-electron chi connectivity index (χ0n) is 10.8. The molecule has 0 aliphatic carbocycles. The molecule has 2 heterocycles. The van der Waals surface area contributed by atoms with E-state index in [0.717, 1.165) is 18.7 Å². The highest BCUT2D eigenvalue weighted by atomic mass is 35.5. The Labute approximate surface area is 120 Å². The average Bonchev–Trinajstić information content (AvgIpc) is 2.81. The Morgan fingerprint density at radius 2 is 2.45 bits per heavy atom. The van der Waals surface area contributed by atoms with Crippen molar-refractivity contribution in [3.63, 3.8) is 0 Å². The fourth-order valence-electron chi connectivity index (χ4n) is 2.06. The number of hydrogen-bond acceptors (Lipinski definition) is 5. The molecule has 1 aliphatic rings. The molecule has 1 aliphatic heterocycles. The van der Waals surface area contributed by atoms with Gasteiger partial charge < -0.3 is 10.1 Å². The van der Waals surface area contributed by atoms with Gasteiger partial charge in [0.15, 0.2) is 0 Å². The van der Waals surface area contributed by atoms with Crippen molar-refractivity contribution in [2.45, 2.75) is 19.4 Å². The molecule has 2 unspecified atom stereocenters. The van der Waals surface area contributed by atoms with Gasteiger partial charge in [-0.25, -0.2) is 4.98 Å².